The van der Waals surface area contributed by atoms with Gasteiger partial charge in [-0.15, -0.1) is 0 Å². The van der Waals surface area contributed by atoms with E-state index in [0.717, 1.165) is 18.4 Å². The second kappa shape index (κ2) is 7.81. The van der Waals surface area contributed by atoms with Gasteiger partial charge in [0.1, 0.15) is 9.84 Å². The largest absolute Gasteiger partial charge is 0.336 e. The van der Waals surface area contributed by atoms with E-state index < -0.39 is 9.84 Å². The van der Waals surface area contributed by atoms with Gasteiger partial charge in [0.2, 0.25) is 0 Å². The van der Waals surface area contributed by atoms with Crippen LogP contribution in [0.2, 0.25) is 0 Å². The van der Waals surface area contributed by atoms with Crippen molar-refractivity contribution in [1.82, 2.24) is 10.6 Å². The first kappa shape index (κ1) is 17.8. The van der Waals surface area contributed by atoms with E-state index in [1.807, 2.05) is 37.3 Å². The van der Waals surface area contributed by atoms with E-state index in [1.54, 1.807) is 0 Å². The first-order chi connectivity index (χ1) is 10.8. The fourth-order valence-electron chi connectivity index (χ4n) is 2.78. The molecule has 0 saturated heterocycles. The van der Waals surface area contributed by atoms with Gasteiger partial charge in [-0.3, -0.25) is 0 Å². The molecule has 0 aromatic heterocycles. The number of sulfone groups is 1. The van der Waals surface area contributed by atoms with Gasteiger partial charge in [0, 0.05) is 12.3 Å². The first-order valence-corrected chi connectivity index (χ1v) is 10.2. The third-order valence-electron chi connectivity index (χ3n) is 4.37. The van der Waals surface area contributed by atoms with E-state index in [0.29, 0.717) is 12.3 Å². The van der Waals surface area contributed by atoms with Crippen molar-refractivity contribution in [2.45, 2.75) is 44.7 Å². The molecule has 1 aliphatic rings. The molecular formula is C17H26N2O3S. The number of urea groups is 1. The zero-order valence-electron chi connectivity index (χ0n) is 13.8. The van der Waals surface area contributed by atoms with Gasteiger partial charge in [-0.25, -0.2) is 13.2 Å². The van der Waals surface area contributed by atoms with Gasteiger partial charge in [-0.1, -0.05) is 36.8 Å². The number of nitrogens with one attached hydrogen (secondary N) is 2. The highest BCUT2D eigenvalue weighted by atomic mass is 32.2. The van der Waals surface area contributed by atoms with Crippen molar-refractivity contribution in [3.8, 4) is 0 Å². The summed E-state index contributed by atoms with van der Waals surface area (Å²) < 4.78 is 22.4. The molecule has 1 aromatic carbocycles. The van der Waals surface area contributed by atoms with E-state index in [4.69, 9.17) is 0 Å². The standard InChI is InChI=1S/C17H26N2O3S/c1-13(11-12-23(2,21)22)18-17(20)19-16(15-9-6-10-15)14-7-4-3-5-8-14/h3-5,7-8,13,15-16H,6,9-12H2,1-2H3,(H2,18,19,20)/t13-,16+/m0/s1. The Balaban J connectivity index is 1.90. The summed E-state index contributed by atoms with van der Waals surface area (Å²) in [5.41, 5.74) is 1.12. The lowest BCUT2D eigenvalue weighted by atomic mass is 9.77. The van der Waals surface area contributed by atoms with Crippen molar-refractivity contribution < 1.29 is 13.2 Å². The summed E-state index contributed by atoms with van der Waals surface area (Å²) in [6.45, 7) is 1.83. The van der Waals surface area contributed by atoms with Crippen LogP contribution in [0.15, 0.2) is 30.3 Å². The maximum absolute atomic E-state index is 12.2. The fraction of sp³-hybridized carbons (Fsp3) is 0.588. The molecule has 2 atom stereocenters. The van der Waals surface area contributed by atoms with Crippen LogP contribution in [-0.2, 0) is 9.84 Å². The molecule has 0 radical (unpaired) electrons. The Kier molecular flexibility index (Phi) is 6.04. The van der Waals surface area contributed by atoms with Gasteiger partial charge in [-0.2, -0.15) is 0 Å². The van der Waals surface area contributed by atoms with Gasteiger partial charge < -0.3 is 10.6 Å². The molecule has 2 rings (SSSR count). The molecule has 0 heterocycles. The van der Waals surface area contributed by atoms with Crippen LogP contribution in [0.4, 0.5) is 4.79 Å². The number of carbonyl (C=O) groups excluding carboxylic acids is 1. The van der Waals surface area contributed by atoms with Crippen molar-refractivity contribution in [3.63, 3.8) is 0 Å². The van der Waals surface area contributed by atoms with Crippen LogP contribution < -0.4 is 10.6 Å². The number of carbonyl (C=O) groups is 1. The lowest BCUT2D eigenvalue weighted by molar-refractivity contribution is 0.205. The summed E-state index contributed by atoms with van der Waals surface area (Å²) in [6.07, 6.45) is 5.10. The monoisotopic (exact) mass is 338 g/mol. The van der Waals surface area contributed by atoms with Crippen LogP contribution in [0, 0.1) is 5.92 Å². The van der Waals surface area contributed by atoms with E-state index in [2.05, 4.69) is 10.6 Å². The lowest BCUT2D eigenvalue weighted by Crippen LogP contribution is -2.45. The van der Waals surface area contributed by atoms with Gasteiger partial charge in [0.05, 0.1) is 11.8 Å². The lowest BCUT2D eigenvalue weighted by Gasteiger charge is -2.35. The average Bonchev–Trinajstić information content (AvgIpc) is 2.43. The highest BCUT2D eigenvalue weighted by Gasteiger charge is 2.29. The van der Waals surface area contributed by atoms with Crippen molar-refractivity contribution >= 4 is 15.9 Å². The number of hydrogen-bond donors (Lipinski definition) is 2. The number of amides is 2. The van der Waals surface area contributed by atoms with Crippen molar-refractivity contribution in [2.75, 3.05) is 12.0 Å². The molecule has 2 amide bonds. The van der Waals surface area contributed by atoms with E-state index in [-0.39, 0.29) is 23.9 Å². The van der Waals surface area contributed by atoms with E-state index in [1.165, 1.54) is 12.7 Å². The highest BCUT2D eigenvalue weighted by molar-refractivity contribution is 7.90. The molecule has 1 saturated carbocycles. The molecule has 6 heteroatoms. The third kappa shape index (κ3) is 5.86. The molecule has 5 nitrogen and oxygen atoms in total. The maximum atomic E-state index is 12.2. The Hall–Kier alpha value is -1.56. The minimum absolute atomic E-state index is 0.0204. The SMILES string of the molecule is C[C@@H](CCS(C)(=O)=O)NC(=O)N[C@H](c1ccccc1)C1CCC1. The molecular weight excluding hydrogens is 312 g/mol. The Morgan fingerprint density at radius 3 is 2.39 bits per heavy atom. The topological polar surface area (TPSA) is 75.3 Å². The Morgan fingerprint density at radius 2 is 1.87 bits per heavy atom. The zero-order valence-corrected chi connectivity index (χ0v) is 14.6. The predicted molar refractivity (Wildman–Crippen MR) is 92.0 cm³/mol. The summed E-state index contributed by atoms with van der Waals surface area (Å²) in [5, 5.41) is 5.91. The summed E-state index contributed by atoms with van der Waals surface area (Å²) in [7, 11) is -3.00. The van der Waals surface area contributed by atoms with Crippen molar-refractivity contribution in [3.05, 3.63) is 35.9 Å². The first-order valence-electron chi connectivity index (χ1n) is 8.15. The molecule has 128 valence electrons. The average molecular weight is 338 g/mol. The van der Waals surface area contributed by atoms with Gasteiger partial charge in [0.15, 0.2) is 0 Å². The quantitative estimate of drug-likeness (QED) is 0.802. The predicted octanol–water partition coefficient (Wildman–Crippen LogP) is 2.65. The van der Waals surface area contributed by atoms with Crippen LogP contribution in [0.1, 0.15) is 44.2 Å². The van der Waals surface area contributed by atoms with Crippen LogP contribution >= 0.6 is 0 Å². The Bertz CT molecular complexity index is 612. The minimum Gasteiger partial charge on any atom is -0.336 e. The fourth-order valence-corrected chi connectivity index (χ4v) is 3.56. The summed E-state index contributed by atoms with van der Waals surface area (Å²) in [6, 6.07) is 9.62. The summed E-state index contributed by atoms with van der Waals surface area (Å²) in [5.74, 6) is 0.564. The minimum atomic E-state index is -3.00. The number of hydrogen-bond acceptors (Lipinski definition) is 3. The van der Waals surface area contributed by atoms with Crippen LogP contribution in [0.25, 0.3) is 0 Å². The van der Waals surface area contributed by atoms with Crippen LogP contribution in [0.3, 0.4) is 0 Å². The normalized spacial score (nSPS) is 17.8. The molecule has 0 bridgehead atoms. The highest BCUT2D eigenvalue weighted by Crippen LogP contribution is 2.37. The maximum Gasteiger partial charge on any atom is 0.315 e. The molecule has 1 aromatic rings. The van der Waals surface area contributed by atoms with Gasteiger partial charge in [-0.05, 0) is 37.7 Å². The second-order valence-corrected chi connectivity index (χ2v) is 8.78. The number of rotatable bonds is 7. The Labute approximate surface area is 138 Å². The zero-order chi connectivity index (χ0) is 16.9. The van der Waals surface area contributed by atoms with Crippen molar-refractivity contribution in [1.29, 1.82) is 0 Å². The smallest absolute Gasteiger partial charge is 0.315 e. The molecule has 23 heavy (non-hydrogen) atoms. The number of benzene rings is 1. The molecule has 0 unspecified atom stereocenters. The second-order valence-electron chi connectivity index (χ2n) is 6.52. The third-order valence-corrected chi connectivity index (χ3v) is 5.34. The van der Waals surface area contributed by atoms with Crippen LogP contribution in [-0.4, -0.2) is 32.5 Å². The van der Waals surface area contributed by atoms with Gasteiger partial charge in [0.25, 0.3) is 0 Å². The molecule has 1 aliphatic carbocycles. The molecule has 1 fully saturated rings. The van der Waals surface area contributed by atoms with E-state index in [9.17, 15) is 13.2 Å². The van der Waals surface area contributed by atoms with Gasteiger partial charge >= 0.3 is 6.03 Å². The molecule has 0 aliphatic heterocycles. The van der Waals surface area contributed by atoms with Crippen LogP contribution in [0.5, 0.6) is 0 Å². The summed E-state index contributed by atoms with van der Waals surface area (Å²) in [4.78, 5) is 12.2. The summed E-state index contributed by atoms with van der Waals surface area (Å²) >= 11 is 0. The van der Waals surface area contributed by atoms with Crippen molar-refractivity contribution in [2.24, 2.45) is 5.92 Å². The molecule has 0 spiro atoms. The molecule has 2 N–H and O–H groups in total. The Morgan fingerprint density at radius 1 is 1.22 bits per heavy atom. The van der Waals surface area contributed by atoms with E-state index >= 15 is 0 Å².